The minimum atomic E-state index is -0.845. The molecule has 1 aliphatic carbocycles. The predicted octanol–water partition coefficient (Wildman–Crippen LogP) is 1.69. The van der Waals surface area contributed by atoms with Crippen molar-refractivity contribution >= 4 is 17.8 Å². The van der Waals surface area contributed by atoms with Crippen LogP contribution in [0.15, 0.2) is 5.10 Å². The topological polar surface area (TPSA) is 24.4 Å². The number of hydrogen-bond acceptors (Lipinski definition) is 2. The van der Waals surface area contributed by atoms with E-state index < -0.39 is 6.17 Å². The monoisotopic (exact) mass is 190 g/mol. The maximum absolute atomic E-state index is 13.4. The Morgan fingerprint density at radius 2 is 2.33 bits per heavy atom. The van der Waals surface area contributed by atoms with Crippen LogP contribution in [0.3, 0.4) is 0 Å². The molecule has 2 nitrogen and oxygen atoms in total. The van der Waals surface area contributed by atoms with Crippen molar-refractivity contribution in [1.82, 2.24) is 5.43 Å². The summed E-state index contributed by atoms with van der Waals surface area (Å²) in [5, 5.41) is 3.89. The smallest absolute Gasteiger partial charge is 0.124 e. The molecule has 1 heterocycles. The van der Waals surface area contributed by atoms with Crippen LogP contribution in [0.1, 0.15) is 19.3 Å². The average Bonchev–Trinajstić information content (AvgIpc) is 2.43. The van der Waals surface area contributed by atoms with Crippen molar-refractivity contribution in [1.29, 1.82) is 0 Å². The Kier molecular flexibility index (Phi) is 2.22. The van der Waals surface area contributed by atoms with Gasteiger partial charge in [-0.2, -0.15) is 5.10 Å². The highest BCUT2D eigenvalue weighted by Gasteiger charge is 2.36. The van der Waals surface area contributed by atoms with Gasteiger partial charge in [0.05, 0.1) is 6.04 Å². The number of halogens is 2. The highest BCUT2D eigenvalue weighted by molar-refractivity contribution is 6.20. The molecule has 0 amide bonds. The molecule has 0 radical (unpaired) electrons. The molecule has 1 saturated carbocycles. The predicted molar refractivity (Wildman–Crippen MR) is 47.3 cm³/mol. The third-order valence-electron chi connectivity index (χ3n) is 2.63. The molecule has 0 spiro atoms. The Morgan fingerprint density at radius 3 is 3.17 bits per heavy atom. The number of hydrazone groups is 1. The Balaban J connectivity index is 2.07. The second-order valence-corrected chi connectivity index (χ2v) is 4.14. The summed E-state index contributed by atoms with van der Waals surface area (Å²) in [5.74, 6) is 0.253. The molecule has 2 rings (SSSR count). The molecule has 0 aromatic carbocycles. The fourth-order valence-electron chi connectivity index (χ4n) is 1.90. The van der Waals surface area contributed by atoms with E-state index in [2.05, 4.69) is 10.5 Å². The van der Waals surface area contributed by atoms with Crippen molar-refractivity contribution in [2.75, 3.05) is 0 Å². The molecule has 0 saturated heterocycles. The molecule has 12 heavy (non-hydrogen) atoms. The third-order valence-corrected chi connectivity index (χ3v) is 3.03. The molecule has 68 valence electrons. The SMILES string of the molecule is FC1C[C@@H](Cl)CCC2C=NNC12. The van der Waals surface area contributed by atoms with Gasteiger partial charge in [0.1, 0.15) is 6.17 Å². The molecule has 0 aromatic rings. The molecule has 4 heteroatoms. The Hall–Kier alpha value is -0.310. The summed E-state index contributed by atoms with van der Waals surface area (Å²) in [5.41, 5.74) is 2.80. The number of hydrogen-bond donors (Lipinski definition) is 1. The number of fused-ring (bicyclic) bond motifs is 1. The van der Waals surface area contributed by atoms with Gasteiger partial charge in [-0.25, -0.2) is 4.39 Å². The minimum absolute atomic E-state index is 0.000741. The molecule has 1 aliphatic heterocycles. The Labute approximate surface area is 76.2 Å². The fraction of sp³-hybridized carbons (Fsp3) is 0.875. The van der Waals surface area contributed by atoms with Gasteiger partial charge < -0.3 is 5.43 Å². The number of nitrogens with zero attached hydrogens (tertiary/aromatic N) is 1. The number of alkyl halides is 2. The lowest BCUT2D eigenvalue weighted by Gasteiger charge is -2.17. The Morgan fingerprint density at radius 1 is 1.50 bits per heavy atom. The van der Waals surface area contributed by atoms with Crippen molar-refractivity contribution in [2.24, 2.45) is 11.0 Å². The molecule has 2 aliphatic rings. The van der Waals surface area contributed by atoms with Gasteiger partial charge in [0, 0.05) is 17.5 Å². The summed E-state index contributed by atoms with van der Waals surface area (Å²) in [4.78, 5) is 0. The second kappa shape index (κ2) is 3.21. The number of rotatable bonds is 0. The largest absolute Gasteiger partial charge is 0.304 e. The van der Waals surface area contributed by atoms with E-state index in [-0.39, 0.29) is 17.3 Å². The van der Waals surface area contributed by atoms with Crippen molar-refractivity contribution in [3.8, 4) is 0 Å². The van der Waals surface area contributed by atoms with Gasteiger partial charge in [-0.3, -0.25) is 0 Å². The molecule has 4 atom stereocenters. The molecule has 1 fully saturated rings. The Bertz CT molecular complexity index is 197. The first kappa shape index (κ1) is 8.30. The van der Waals surface area contributed by atoms with Crippen molar-refractivity contribution in [2.45, 2.75) is 36.9 Å². The van der Waals surface area contributed by atoms with E-state index in [0.29, 0.717) is 6.42 Å². The summed E-state index contributed by atoms with van der Waals surface area (Å²) in [6.45, 7) is 0. The van der Waals surface area contributed by atoms with Gasteiger partial charge in [-0.05, 0) is 19.3 Å². The van der Waals surface area contributed by atoms with Gasteiger partial charge >= 0.3 is 0 Å². The molecule has 1 N–H and O–H groups in total. The van der Waals surface area contributed by atoms with Crippen molar-refractivity contribution < 1.29 is 4.39 Å². The van der Waals surface area contributed by atoms with Gasteiger partial charge in [0.15, 0.2) is 0 Å². The highest BCUT2D eigenvalue weighted by Crippen LogP contribution is 2.29. The lowest BCUT2D eigenvalue weighted by molar-refractivity contribution is 0.233. The molecule has 3 unspecified atom stereocenters. The van der Waals surface area contributed by atoms with Crippen LogP contribution in [-0.2, 0) is 0 Å². The molecule has 0 aromatic heterocycles. The van der Waals surface area contributed by atoms with Crippen LogP contribution in [0.4, 0.5) is 4.39 Å². The second-order valence-electron chi connectivity index (χ2n) is 3.52. The van der Waals surface area contributed by atoms with E-state index in [1.165, 1.54) is 0 Å². The molecule has 0 bridgehead atoms. The van der Waals surface area contributed by atoms with Crippen LogP contribution >= 0.6 is 11.6 Å². The number of nitrogens with one attached hydrogen (secondary N) is 1. The zero-order valence-corrected chi connectivity index (χ0v) is 7.47. The normalized spacial score (nSPS) is 46.5. The lowest BCUT2D eigenvalue weighted by atomic mass is 9.97. The maximum Gasteiger partial charge on any atom is 0.124 e. The van der Waals surface area contributed by atoms with E-state index in [1.54, 1.807) is 0 Å². The molecular formula is C8H12ClFN2. The zero-order valence-electron chi connectivity index (χ0n) is 6.71. The minimum Gasteiger partial charge on any atom is -0.304 e. The maximum atomic E-state index is 13.4. The van der Waals surface area contributed by atoms with Crippen molar-refractivity contribution in [3.05, 3.63) is 0 Å². The van der Waals surface area contributed by atoms with Crippen LogP contribution in [0.2, 0.25) is 0 Å². The van der Waals surface area contributed by atoms with Gasteiger partial charge in [-0.15, -0.1) is 11.6 Å². The first-order valence-corrected chi connectivity index (χ1v) is 4.78. The van der Waals surface area contributed by atoms with Gasteiger partial charge in [0.2, 0.25) is 0 Å². The standard InChI is InChI=1S/C8H12ClFN2/c9-6-2-1-5-4-11-12-8(5)7(10)3-6/h4-8,12H,1-3H2/t5?,6-,7?,8?/m0/s1. The van der Waals surface area contributed by atoms with Crippen LogP contribution in [0, 0.1) is 5.92 Å². The van der Waals surface area contributed by atoms with Gasteiger partial charge in [-0.1, -0.05) is 0 Å². The summed E-state index contributed by atoms with van der Waals surface area (Å²) in [6, 6.07) is -0.117. The van der Waals surface area contributed by atoms with Crippen LogP contribution < -0.4 is 5.43 Å². The summed E-state index contributed by atoms with van der Waals surface area (Å²) in [7, 11) is 0. The summed E-state index contributed by atoms with van der Waals surface area (Å²) in [6.07, 6.45) is 3.28. The van der Waals surface area contributed by atoms with E-state index in [0.717, 1.165) is 12.8 Å². The van der Waals surface area contributed by atoms with Crippen molar-refractivity contribution in [3.63, 3.8) is 0 Å². The third kappa shape index (κ3) is 1.42. The first-order valence-electron chi connectivity index (χ1n) is 4.34. The quantitative estimate of drug-likeness (QED) is 0.578. The van der Waals surface area contributed by atoms with E-state index in [4.69, 9.17) is 11.6 Å². The average molecular weight is 191 g/mol. The lowest BCUT2D eigenvalue weighted by Crippen LogP contribution is -2.36. The van der Waals surface area contributed by atoms with Gasteiger partial charge in [0.25, 0.3) is 0 Å². The first-order chi connectivity index (χ1) is 5.77. The highest BCUT2D eigenvalue weighted by atomic mass is 35.5. The van der Waals surface area contributed by atoms with E-state index >= 15 is 0 Å². The fourth-order valence-corrected chi connectivity index (χ4v) is 2.19. The van der Waals surface area contributed by atoms with E-state index in [1.807, 2.05) is 6.21 Å². The van der Waals surface area contributed by atoms with Crippen LogP contribution in [0.5, 0.6) is 0 Å². The summed E-state index contributed by atoms with van der Waals surface area (Å²) >= 11 is 5.92. The summed E-state index contributed by atoms with van der Waals surface area (Å²) < 4.78 is 13.4. The zero-order chi connectivity index (χ0) is 8.55. The van der Waals surface area contributed by atoms with E-state index in [9.17, 15) is 4.39 Å². The van der Waals surface area contributed by atoms with Crippen LogP contribution in [0.25, 0.3) is 0 Å². The molecular weight excluding hydrogens is 179 g/mol. The van der Waals surface area contributed by atoms with Crippen LogP contribution in [-0.4, -0.2) is 23.8 Å².